The van der Waals surface area contributed by atoms with Gasteiger partial charge >= 0.3 is 0 Å². The Morgan fingerprint density at radius 1 is 1.28 bits per heavy atom. The standard InChI is InChI=1S/C12H11BrFN3O/c1-2-15-11-6-12(17-7-16-11)18-10-4-8(13)3-9(14)5-10/h3-7H,2H2,1H3,(H,15,16,17). The van der Waals surface area contributed by atoms with Crippen LogP contribution in [-0.2, 0) is 0 Å². The summed E-state index contributed by atoms with van der Waals surface area (Å²) in [5.41, 5.74) is 0. The smallest absolute Gasteiger partial charge is 0.224 e. The fourth-order valence-corrected chi connectivity index (χ4v) is 1.83. The molecular formula is C12H11BrFN3O. The molecule has 1 heterocycles. The summed E-state index contributed by atoms with van der Waals surface area (Å²) in [5, 5.41) is 3.04. The molecule has 2 rings (SSSR count). The Kier molecular flexibility index (Phi) is 4.09. The first-order valence-corrected chi connectivity index (χ1v) is 6.16. The van der Waals surface area contributed by atoms with Gasteiger partial charge in [-0.2, -0.15) is 0 Å². The Morgan fingerprint density at radius 2 is 2.11 bits per heavy atom. The Bertz CT molecular complexity index is 530. The van der Waals surface area contributed by atoms with E-state index in [0.29, 0.717) is 21.9 Å². The molecule has 0 aliphatic carbocycles. The molecule has 0 saturated heterocycles. The molecule has 1 N–H and O–H groups in total. The van der Waals surface area contributed by atoms with E-state index >= 15 is 0 Å². The molecule has 0 saturated carbocycles. The van der Waals surface area contributed by atoms with Gasteiger partial charge in [-0.05, 0) is 19.1 Å². The molecule has 6 heteroatoms. The second-order valence-electron chi connectivity index (χ2n) is 3.48. The molecule has 94 valence electrons. The third kappa shape index (κ3) is 3.40. The minimum Gasteiger partial charge on any atom is -0.439 e. The van der Waals surface area contributed by atoms with Gasteiger partial charge in [0.05, 0.1) is 0 Å². The number of hydrogen-bond acceptors (Lipinski definition) is 4. The minimum absolute atomic E-state index is 0.360. The van der Waals surface area contributed by atoms with Crippen LogP contribution in [0.2, 0.25) is 0 Å². The van der Waals surface area contributed by atoms with Crippen molar-refractivity contribution in [1.29, 1.82) is 0 Å². The Labute approximate surface area is 112 Å². The van der Waals surface area contributed by atoms with Crippen molar-refractivity contribution in [2.45, 2.75) is 6.92 Å². The van der Waals surface area contributed by atoms with Crippen LogP contribution in [0.3, 0.4) is 0 Å². The number of anilines is 1. The second kappa shape index (κ2) is 5.77. The minimum atomic E-state index is -0.375. The molecule has 4 nitrogen and oxygen atoms in total. The number of rotatable bonds is 4. The predicted octanol–water partition coefficient (Wildman–Crippen LogP) is 3.60. The predicted molar refractivity (Wildman–Crippen MR) is 70.4 cm³/mol. The lowest BCUT2D eigenvalue weighted by Gasteiger charge is -2.07. The third-order valence-electron chi connectivity index (χ3n) is 2.06. The van der Waals surface area contributed by atoms with Crippen LogP contribution in [0.25, 0.3) is 0 Å². The van der Waals surface area contributed by atoms with Crippen LogP contribution in [0.4, 0.5) is 10.2 Å². The van der Waals surface area contributed by atoms with Crippen molar-refractivity contribution in [3.8, 4) is 11.6 Å². The van der Waals surface area contributed by atoms with Gasteiger partial charge < -0.3 is 10.1 Å². The molecule has 1 aromatic heterocycles. The van der Waals surface area contributed by atoms with Crippen molar-refractivity contribution in [3.63, 3.8) is 0 Å². The first-order valence-electron chi connectivity index (χ1n) is 5.37. The lowest BCUT2D eigenvalue weighted by Crippen LogP contribution is -2.00. The maximum atomic E-state index is 13.2. The topological polar surface area (TPSA) is 47.0 Å². The van der Waals surface area contributed by atoms with Crippen molar-refractivity contribution in [2.75, 3.05) is 11.9 Å². The molecule has 1 aromatic carbocycles. The molecule has 18 heavy (non-hydrogen) atoms. The summed E-state index contributed by atoms with van der Waals surface area (Å²) in [6.07, 6.45) is 1.39. The summed E-state index contributed by atoms with van der Waals surface area (Å²) in [7, 11) is 0. The number of nitrogens with one attached hydrogen (secondary N) is 1. The fourth-order valence-electron chi connectivity index (χ4n) is 1.38. The number of ether oxygens (including phenoxy) is 1. The molecule has 0 unspecified atom stereocenters. The first kappa shape index (κ1) is 12.8. The highest BCUT2D eigenvalue weighted by Crippen LogP contribution is 2.25. The normalized spacial score (nSPS) is 10.2. The van der Waals surface area contributed by atoms with E-state index in [9.17, 15) is 4.39 Å². The second-order valence-corrected chi connectivity index (χ2v) is 4.39. The van der Waals surface area contributed by atoms with Gasteiger partial charge in [0, 0.05) is 23.2 Å². The Morgan fingerprint density at radius 3 is 2.83 bits per heavy atom. The average Bonchev–Trinajstić information content (AvgIpc) is 2.28. The zero-order valence-electron chi connectivity index (χ0n) is 9.65. The van der Waals surface area contributed by atoms with Gasteiger partial charge in [-0.1, -0.05) is 15.9 Å². The highest BCUT2D eigenvalue weighted by molar-refractivity contribution is 9.10. The zero-order valence-corrected chi connectivity index (χ0v) is 11.2. The lowest BCUT2D eigenvalue weighted by atomic mass is 10.3. The molecule has 0 atom stereocenters. The fraction of sp³-hybridized carbons (Fsp3) is 0.167. The van der Waals surface area contributed by atoms with Crippen molar-refractivity contribution in [1.82, 2.24) is 9.97 Å². The third-order valence-corrected chi connectivity index (χ3v) is 2.52. The van der Waals surface area contributed by atoms with Crippen LogP contribution in [0.5, 0.6) is 11.6 Å². The summed E-state index contributed by atoms with van der Waals surface area (Å²) >= 11 is 3.20. The average molecular weight is 312 g/mol. The van der Waals surface area contributed by atoms with Crippen LogP contribution in [0, 0.1) is 5.82 Å². The Balaban J connectivity index is 2.20. The van der Waals surface area contributed by atoms with Gasteiger partial charge in [0.2, 0.25) is 5.88 Å². The summed E-state index contributed by atoms with van der Waals surface area (Å²) in [6.45, 7) is 2.72. The first-order chi connectivity index (χ1) is 8.67. The quantitative estimate of drug-likeness (QED) is 0.937. The van der Waals surface area contributed by atoms with Crippen molar-refractivity contribution in [3.05, 3.63) is 40.9 Å². The molecule has 0 spiro atoms. The van der Waals surface area contributed by atoms with Crippen LogP contribution < -0.4 is 10.1 Å². The van der Waals surface area contributed by atoms with E-state index in [1.165, 1.54) is 18.5 Å². The molecule has 0 aliphatic rings. The lowest BCUT2D eigenvalue weighted by molar-refractivity contribution is 0.456. The summed E-state index contributed by atoms with van der Waals surface area (Å²) in [5.74, 6) is 1.03. The number of benzene rings is 1. The van der Waals surface area contributed by atoms with Crippen LogP contribution in [0.1, 0.15) is 6.92 Å². The maximum Gasteiger partial charge on any atom is 0.224 e. The van der Waals surface area contributed by atoms with Gasteiger partial charge in [0.1, 0.15) is 23.7 Å². The molecule has 0 amide bonds. The molecule has 2 aromatic rings. The van der Waals surface area contributed by atoms with E-state index < -0.39 is 0 Å². The van der Waals surface area contributed by atoms with E-state index in [1.807, 2.05) is 6.92 Å². The van der Waals surface area contributed by atoms with Gasteiger partial charge in [-0.25, -0.2) is 14.4 Å². The molecule has 0 bridgehead atoms. The molecule has 0 fully saturated rings. The van der Waals surface area contributed by atoms with E-state index in [1.54, 1.807) is 12.1 Å². The Hall–Kier alpha value is -1.69. The number of halogens is 2. The number of hydrogen-bond donors (Lipinski definition) is 1. The van der Waals surface area contributed by atoms with E-state index in [0.717, 1.165) is 6.54 Å². The van der Waals surface area contributed by atoms with E-state index in [-0.39, 0.29) is 5.82 Å². The highest BCUT2D eigenvalue weighted by Gasteiger charge is 2.04. The van der Waals surface area contributed by atoms with Crippen molar-refractivity contribution < 1.29 is 9.13 Å². The largest absolute Gasteiger partial charge is 0.439 e. The summed E-state index contributed by atoms with van der Waals surface area (Å²) in [6, 6.07) is 5.97. The molecular weight excluding hydrogens is 301 g/mol. The van der Waals surface area contributed by atoms with Gasteiger partial charge in [-0.3, -0.25) is 0 Å². The van der Waals surface area contributed by atoms with Crippen LogP contribution in [-0.4, -0.2) is 16.5 Å². The molecule has 0 aliphatic heterocycles. The van der Waals surface area contributed by atoms with Gasteiger partial charge in [0.25, 0.3) is 0 Å². The van der Waals surface area contributed by atoms with Gasteiger partial charge in [-0.15, -0.1) is 0 Å². The monoisotopic (exact) mass is 311 g/mol. The van der Waals surface area contributed by atoms with E-state index in [4.69, 9.17) is 4.74 Å². The van der Waals surface area contributed by atoms with Gasteiger partial charge in [0.15, 0.2) is 0 Å². The zero-order chi connectivity index (χ0) is 13.0. The summed E-state index contributed by atoms with van der Waals surface area (Å²) in [4.78, 5) is 7.99. The highest BCUT2D eigenvalue weighted by atomic mass is 79.9. The van der Waals surface area contributed by atoms with Crippen molar-refractivity contribution >= 4 is 21.7 Å². The van der Waals surface area contributed by atoms with E-state index in [2.05, 4.69) is 31.2 Å². The number of aromatic nitrogens is 2. The molecule has 0 radical (unpaired) electrons. The maximum absolute atomic E-state index is 13.2. The van der Waals surface area contributed by atoms with Crippen molar-refractivity contribution in [2.24, 2.45) is 0 Å². The van der Waals surface area contributed by atoms with Crippen LogP contribution in [0.15, 0.2) is 35.1 Å². The SMILES string of the molecule is CCNc1cc(Oc2cc(F)cc(Br)c2)ncn1. The summed E-state index contributed by atoms with van der Waals surface area (Å²) < 4.78 is 19.3. The van der Waals surface area contributed by atoms with Crippen LogP contribution >= 0.6 is 15.9 Å². The number of nitrogens with zero attached hydrogens (tertiary/aromatic N) is 2.